The van der Waals surface area contributed by atoms with E-state index in [1.807, 2.05) is 0 Å². The Morgan fingerprint density at radius 1 is 1.14 bits per heavy atom. The van der Waals surface area contributed by atoms with Gasteiger partial charge in [-0.15, -0.1) is 0 Å². The van der Waals surface area contributed by atoms with Gasteiger partial charge < -0.3 is 10.1 Å². The molecule has 1 aromatic carbocycles. The van der Waals surface area contributed by atoms with Crippen LogP contribution in [0, 0.1) is 11.3 Å². The molecule has 0 aliphatic carbocycles. The van der Waals surface area contributed by atoms with Gasteiger partial charge in [-0.05, 0) is 55.5 Å². The molecule has 1 fully saturated rings. The minimum atomic E-state index is 0.460. The van der Waals surface area contributed by atoms with Crippen LogP contribution in [-0.4, -0.2) is 26.3 Å². The lowest BCUT2D eigenvalue weighted by atomic mass is 9.75. The van der Waals surface area contributed by atoms with Gasteiger partial charge in [0, 0.05) is 19.8 Å². The van der Waals surface area contributed by atoms with Crippen LogP contribution >= 0.6 is 0 Å². The van der Waals surface area contributed by atoms with Crippen LogP contribution in [-0.2, 0) is 11.2 Å². The molecular weight excluding hydrogens is 258 g/mol. The Kier molecular flexibility index (Phi) is 6.72. The van der Waals surface area contributed by atoms with Crippen molar-refractivity contribution in [3.63, 3.8) is 0 Å². The maximum Gasteiger partial charge on any atom is 0.0471 e. The fraction of sp³-hybridized carbons (Fsp3) is 0.684. The summed E-state index contributed by atoms with van der Waals surface area (Å²) < 4.78 is 5.59. The number of hydrogen-bond acceptors (Lipinski definition) is 2. The largest absolute Gasteiger partial charge is 0.381 e. The van der Waals surface area contributed by atoms with Gasteiger partial charge >= 0.3 is 0 Å². The first-order valence-corrected chi connectivity index (χ1v) is 8.53. The van der Waals surface area contributed by atoms with Gasteiger partial charge in [0.1, 0.15) is 0 Å². The van der Waals surface area contributed by atoms with E-state index in [9.17, 15) is 0 Å². The lowest BCUT2D eigenvalue weighted by molar-refractivity contribution is 0.00927. The van der Waals surface area contributed by atoms with Gasteiger partial charge in [-0.1, -0.05) is 44.2 Å². The van der Waals surface area contributed by atoms with Crippen LogP contribution in [0.15, 0.2) is 30.3 Å². The number of rotatable bonds is 8. The molecule has 1 aliphatic rings. The van der Waals surface area contributed by atoms with E-state index in [0.717, 1.165) is 32.2 Å². The number of ether oxygens (including phenoxy) is 1. The summed E-state index contributed by atoms with van der Waals surface area (Å²) in [6.45, 7) is 8.71. The molecule has 1 aliphatic heterocycles. The summed E-state index contributed by atoms with van der Waals surface area (Å²) in [6.07, 6.45) is 6.23. The lowest BCUT2D eigenvalue weighted by Gasteiger charge is -2.38. The Labute approximate surface area is 130 Å². The predicted octanol–water partition coefficient (Wildman–Crippen LogP) is 4.05. The normalized spacial score (nSPS) is 18.0. The first-order chi connectivity index (χ1) is 10.2. The summed E-state index contributed by atoms with van der Waals surface area (Å²) in [6, 6.07) is 10.9. The third-order valence-corrected chi connectivity index (χ3v) is 4.62. The molecule has 0 saturated carbocycles. The van der Waals surface area contributed by atoms with E-state index in [1.165, 1.54) is 37.7 Å². The molecule has 1 heterocycles. The maximum atomic E-state index is 5.59. The minimum Gasteiger partial charge on any atom is -0.381 e. The average Bonchev–Trinajstić information content (AvgIpc) is 2.49. The van der Waals surface area contributed by atoms with Crippen molar-refractivity contribution in [3.05, 3.63) is 35.9 Å². The molecule has 1 N–H and O–H groups in total. The summed E-state index contributed by atoms with van der Waals surface area (Å²) >= 11 is 0. The van der Waals surface area contributed by atoms with Crippen molar-refractivity contribution >= 4 is 0 Å². The number of nitrogens with one attached hydrogen (secondary N) is 1. The molecule has 2 heteroatoms. The monoisotopic (exact) mass is 289 g/mol. The third-order valence-electron chi connectivity index (χ3n) is 4.62. The second kappa shape index (κ2) is 8.55. The fourth-order valence-electron chi connectivity index (χ4n) is 3.26. The second-order valence-corrected chi connectivity index (χ2v) is 6.98. The van der Waals surface area contributed by atoms with Crippen LogP contribution in [0.1, 0.15) is 45.1 Å². The Bertz CT molecular complexity index is 382. The quantitative estimate of drug-likeness (QED) is 0.779. The van der Waals surface area contributed by atoms with Crippen LogP contribution in [0.5, 0.6) is 0 Å². The zero-order valence-corrected chi connectivity index (χ0v) is 13.7. The predicted molar refractivity (Wildman–Crippen MR) is 89.6 cm³/mol. The smallest absolute Gasteiger partial charge is 0.0471 e. The van der Waals surface area contributed by atoms with E-state index in [0.29, 0.717) is 5.41 Å². The van der Waals surface area contributed by atoms with Crippen molar-refractivity contribution in [1.82, 2.24) is 5.32 Å². The van der Waals surface area contributed by atoms with Gasteiger partial charge in [-0.25, -0.2) is 0 Å². The molecule has 21 heavy (non-hydrogen) atoms. The van der Waals surface area contributed by atoms with Crippen molar-refractivity contribution in [2.24, 2.45) is 11.3 Å². The second-order valence-electron chi connectivity index (χ2n) is 6.98. The van der Waals surface area contributed by atoms with Crippen LogP contribution in [0.2, 0.25) is 0 Å². The Hall–Kier alpha value is -0.860. The van der Waals surface area contributed by atoms with Crippen LogP contribution < -0.4 is 5.32 Å². The Morgan fingerprint density at radius 2 is 1.86 bits per heavy atom. The average molecular weight is 289 g/mol. The molecule has 2 rings (SSSR count). The summed E-state index contributed by atoms with van der Waals surface area (Å²) in [4.78, 5) is 0. The van der Waals surface area contributed by atoms with Crippen molar-refractivity contribution in [2.75, 3.05) is 26.3 Å². The van der Waals surface area contributed by atoms with Crippen molar-refractivity contribution < 1.29 is 4.74 Å². The molecular formula is C19H31NO. The fourth-order valence-corrected chi connectivity index (χ4v) is 3.26. The van der Waals surface area contributed by atoms with E-state index in [2.05, 4.69) is 49.5 Å². The molecule has 0 amide bonds. The van der Waals surface area contributed by atoms with Gasteiger partial charge in [-0.2, -0.15) is 0 Å². The minimum absolute atomic E-state index is 0.460. The lowest BCUT2D eigenvalue weighted by Crippen LogP contribution is -2.40. The Balaban J connectivity index is 1.81. The molecule has 0 atom stereocenters. The zero-order chi connectivity index (χ0) is 15.0. The van der Waals surface area contributed by atoms with Crippen molar-refractivity contribution in [3.8, 4) is 0 Å². The highest BCUT2D eigenvalue weighted by Crippen LogP contribution is 2.35. The molecule has 0 aromatic heterocycles. The maximum absolute atomic E-state index is 5.59. The van der Waals surface area contributed by atoms with Gasteiger partial charge in [0.25, 0.3) is 0 Å². The zero-order valence-electron chi connectivity index (χ0n) is 13.7. The van der Waals surface area contributed by atoms with E-state index >= 15 is 0 Å². The molecule has 0 bridgehead atoms. The molecule has 118 valence electrons. The first kappa shape index (κ1) is 16.5. The van der Waals surface area contributed by atoms with E-state index in [4.69, 9.17) is 4.74 Å². The molecule has 0 unspecified atom stereocenters. The molecule has 1 aromatic rings. The van der Waals surface area contributed by atoms with Crippen LogP contribution in [0.3, 0.4) is 0 Å². The number of benzene rings is 1. The highest BCUT2D eigenvalue weighted by Gasteiger charge is 2.31. The van der Waals surface area contributed by atoms with Gasteiger partial charge in [0.05, 0.1) is 0 Å². The number of hydrogen-bond donors (Lipinski definition) is 1. The van der Waals surface area contributed by atoms with Crippen molar-refractivity contribution in [2.45, 2.75) is 46.0 Å². The van der Waals surface area contributed by atoms with Gasteiger partial charge in [0.2, 0.25) is 0 Å². The molecule has 0 radical (unpaired) electrons. The van der Waals surface area contributed by atoms with Crippen molar-refractivity contribution in [1.29, 1.82) is 0 Å². The topological polar surface area (TPSA) is 21.3 Å². The SMILES string of the molecule is CC(C)CNCC1(CCCc2ccccc2)CCOCC1. The highest BCUT2D eigenvalue weighted by molar-refractivity contribution is 5.14. The van der Waals surface area contributed by atoms with E-state index in [1.54, 1.807) is 0 Å². The van der Waals surface area contributed by atoms with E-state index < -0.39 is 0 Å². The van der Waals surface area contributed by atoms with Gasteiger partial charge in [0.15, 0.2) is 0 Å². The highest BCUT2D eigenvalue weighted by atomic mass is 16.5. The summed E-state index contributed by atoms with van der Waals surface area (Å²) in [7, 11) is 0. The van der Waals surface area contributed by atoms with Gasteiger partial charge in [-0.3, -0.25) is 0 Å². The number of aryl methyl sites for hydroxylation is 1. The van der Waals surface area contributed by atoms with Crippen LogP contribution in [0.4, 0.5) is 0 Å². The van der Waals surface area contributed by atoms with E-state index in [-0.39, 0.29) is 0 Å². The molecule has 2 nitrogen and oxygen atoms in total. The summed E-state index contributed by atoms with van der Waals surface area (Å²) in [5, 5.41) is 3.69. The standard InChI is InChI=1S/C19H31NO/c1-17(2)15-20-16-19(11-13-21-14-12-19)10-6-9-18-7-4-3-5-8-18/h3-5,7-8,17,20H,6,9-16H2,1-2H3. The Morgan fingerprint density at radius 3 is 2.52 bits per heavy atom. The van der Waals surface area contributed by atoms with Crippen LogP contribution in [0.25, 0.3) is 0 Å². The summed E-state index contributed by atoms with van der Waals surface area (Å²) in [5.74, 6) is 0.728. The first-order valence-electron chi connectivity index (χ1n) is 8.53. The molecule has 1 saturated heterocycles. The molecule has 0 spiro atoms. The third kappa shape index (κ3) is 5.80. The summed E-state index contributed by atoms with van der Waals surface area (Å²) in [5.41, 5.74) is 1.93.